The molecule has 6 heteroatoms. The number of nitrogens with zero attached hydrogens (tertiary/aromatic N) is 1. The Hall–Kier alpha value is -2.24. The fraction of sp³-hybridized carbons (Fsp3) is 0.333. The fourth-order valence-electron chi connectivity index (χ4n) is 1.60. The summed E-state index contributed by atoms with van der Waals surface area (Å²) in [6.07, 6.45) is 0.886. The second-order valence-corrected chi connectivity index (χ2v) is 3.98. The summed E-state index contributed by atoms with van der Waals surface area (Å²) in [5, 5.41) is 6.57. The van der Waals surface area contributed by atoms with Crippen LogP contribution in [0.2, 0.25) is 0 Å². The van der Waals surface area contributed by atoms with Crippen molar-refractivity contribution in [3.8, 4) is 11.5 Å². The Kier molecular flexibility index (Phi) is 3.66. The van der Waals surface area contributed by atoms with E-state index in [0.717, 1.165) is 29.2 Å². The minimum absolute atomic E-state index is 0.0590. The first-order chi connectivity index (χ1) is 8.66. The molecule has 0 aliphatic carbocycles. The molecule has 0 amide bonds. The van der Waals surface area contributed by atoms with Crippen molar-refractivity contribution in [2.24, 2.45) is 16.6 Å². The van der Waals surface area contributed by atoms with Crippen molar-refractivity contribution in [3.05, 3.63) is 23.8 Å². The Morgan fingerprint density at radius 3 is 2.67 bits per heavy atom. The maximum atomic E-state index is 5.61. The second-order valence-electron chi connectivity index (χ2n) is 3.98. The monoisotopic (exact) mass is 249 g/mol. The van der Waals surface area contributed by atoms with Crippen molar-refractivity contribution in [2.75, 3.05) is 13.2 Å². The van der Waals surface area contributed by atoms with Crippen LogP contribution >= 0.6 is 0 Å². The lowest BCUT2D eigenvalue weighted by molar-refractivity contribution is -0.464. The number of guanidine groups is 1. The van der Waals surface area contributed by atoms with Gasteiger partial charge in [-0.1, -0.05) is 0 Å². The molecule has 6 nitrogen and oxygen atoms in total. The van der Waals surface area contributed by atoms with Crippen molar-refractivity contribution < 1.29 is 14.6 Å². The van der Waals surface area contributed by atoms with Crippen LogP contribution in [0.25, 0.3) is 0 Å². The summed E-state index contributed by atoms with van der Waals surface area (Å²) in [5.41, 5.74) is 12.3. The average molecular weight is 249 g/mol. The van der Waals surface area contributed by atoms with Crippen molar-refractivity contribution in [3.63, 3.8) is 0 Å². The van der Waals surface area contributed by atoms with Crippen LogP contribution in [-0.2, 0) is 0 Å². The van der Waals surface area contributed by atoms with E-state index in [1.807, 2.05) is 25.1 Å². The Morgan fingerprint density at radius 1 is 1.22 bits per heavy atom. The van der Waals surface area contributed by atoms with Gasteiger partial charge in [0.25, 0.3) is 0 Å². The standard InChI is InChI=1S/C12H16N4O2/c1-8(15-16-12(13)14)9-3-4-10-11(7-9)18-6-2-5-17-10/h3-4,7H,2,5-6H2,1H3,(H4,13,14,16)/p+1/b15-8-. The van der Waals surface area contributed by atoms with Gasteiger partial charge in [0, 0.05) is 12.0 Å². The highest BCUT2D eigenvalue weighted by atomic mass is 16.5. The van der Waals surface area contributed by atoms with Crippen LogP contribution in [0.15, 0.2) is 23.3 Å². The van der Waals surface area contributed by atoms with E-state index in [0.29, 0.717) is 13.2 Å². The van der Waals surface area contributed by atoms with Crippen molar-refractivity contribution in [1.29, 1.82) is 0 Å². The lowest BCUT2D eigenvalue weighted by Gasteiger charge is -2.08. The van der Waals surface area contributed by atoms with Gasteiger partial charge in [0.05, 0.1) is 18.9 Å². The van der Waals surface area contributed by atoms with E-state index in [4.69, 9.17) is 20.9 Å². The van der Waals surface area contributed by atoms with Crippen molar-refractivity contribution in [2.45, 2.75) is 13.3 Å². The highest BCUT2D eigenvalue weighted by molar-refractivity contribution is 5.98. The van der Waals surface area contributed by atoms with Crippen LogP contribution in [0.1, 0.15) is 18.9 Å². The minimum Gasteiger partial charge on any atom is -0.490 e. The number of fused-ring (bicyclic) bond motifs is 1. The summed E-state index contributed by atoms with van der Waals surface area (Å²) in [5.74, 6) is 1.56. The third-order valence-electron chi connectivity index (χ3n) is 2.52. The maximum Gasteiger partial charge on any atom is 0.362 e. The molecule has 0 spiro atoms. The lowest BCUT2D eigenvalue weighted by Crippen LogP contribution is -2.72. The largest absolute Gasteiger partial charge is 0.490 e. The van der Waals surface area contributed by atoms with Crippen LogP contribution in [0.3, 0.4) is 0 Å². The quantitative estimate of drug-likeness (QED) is 0.353. The number of hydrogen-bond acceptors (Lipinski definition) is 3. The Balaban J connectivity index is 2.28. The summed E-state index contributed by atoms with van der Waals surface area (Å²) in [7, 11) is 0. The van der Waals surface area contributed by atoms with Gasteiger partial charge in [0.1, 0.15) is 0 Å². The highest BCUT2D eigenvalue weighted by Crippen LogP contribution is 2.30. The molecular formula is C12H17N4O2+. The predicted molar refractivity (Wildman–Crippen MR) is 68.6 cm³/mol. The summed E-state index contributed by atoms with van der Waals surface area (Å²) in [6, 6.07) is 5.69. The summed E-state index contributed by atoms with van der Waals surface area (Å²) < 4.78 is 11.2. The van der Waals surface area contributed by atoms with Gasteiger partial charge in [-0.3, -0.25) is 11.5 Å². The second kappa shape index (κ2) is 5.39. The normalized spacial score (nSPS) is 14.8. The zero-order chi connectivity index (χ0) is 13.0. The van der Waals surface area contributed by atoms with Crippen LogP contribution in [-0.4, -0.2) is 24.9 Å². The Bertz CT molecular complexity index is 493. The van der Waals surface area contributed by atoms with E-state index in [9.17, 15) is 0 Å². The molecule has 1 aliphatic heterocycles. The molecule has 1 heterocycles. The maximum absolute atomic E-state index is 5.61. The topological polar surface area (TPSA) is 96.8 Å². The molecule has 18 heavy (non-hydrogen) atoms. The number of hydrazone groups is 1. The van der Waals surface area contributed by atoms with Crippen molar-refractivity contribution >= 4 is 11.7 Å². The minimum atomic E-state index is 0.0590. The molecule has 0 fully saturated rings. The zero-order valence-corrected chi connectivity index (χ0v) is 10.3. The smallest absolute Gasteiger partial charge is 0.362 e. The molecule has 0 saturated carbocycles. The highest BCUT2D eigenvalue weighted by Gasteiger charge is 2.11. The van der Waals surface area contributed by atoms with Gasteiger partial charge in [-0.25, -0.2) is 0 Å². The third-order valence-corrected chi connectivity index (χ3v) is 2.52. The van der Waals surface area contributed by atoms with Crippen molar-refractivity contribution in [1.82, 2.24) is 0 Å². The first-order valence-corrected chi connectivity index (χ1v) is 5.75. The number of ether oxygens (including phenoxy) is 2. The molecule has 0 aromatic heterocycles. The van der Waals surface area contributed by atoms with E-state index in [1.54, 1.807) is 0 Å². The number of rotatable bonds is 2. The number of nitrogens with one attached hydrogen (secondary N) is 1. The van der Waals surface area contributed by atoms with Gasteiger partial charge < -0.3 is 9.47 Å². The molecule has 1 aliphatic rings. The molecule has 0 radical (unpaired) electrons. The average Bonchev–Trinajstić information content (AvgIpc) is 2.60. The number of benzene rings is 1. The summed E-state index contributed by atoms with van der Waals surface area (Å²) >= 11 is 0. The summed E-state index contributed by atoms with van der Waals surface area (Å²) in [4.78, 5) is 0. The number of hydrogen-bond donors (Lipinski definition) is 3. The van der Waals surface area contributed by atoms with Crippen LogP contribution in [0.5, 0.6) is 11.5 Å². The van der Waals surface area contributed by atoms with Gasteiger partial charge in [0.2, 0.25) is 0 Å². The van der Waals surface area contributed by atoms with Gasteiger partial charge in [-0.15, -0.1) is 5.10 Å². The van der Waals surface area contributed by atoms with E-state index in [1.165, 1.54) is 0 Å². The Labute approximate surface area is 105 Å². The van der Waals surface area contributed by atoms with Gasteiger partial charge in [0.15, 0.2) is 11.5 Å². The molecule has 2 rings (SSSR count). The van der Waals surface area contributed by atoms with Crippen LogP contribution in [0, 0.1) is 0 Å². The first kappa shape index (κ1) is 12.2. The molecule has 0 saturated heterocycles. The first-order valence-electron chi connectivity index (χ1n) is 5.75. The third kappa shape index (κ3) is 2.91. The van der Waals surface area contributed by atoms with Crippen LogP contribution in [0.4, 0.5) is 0 Å². The van der Waals surface area contributed by atoms with Crippen LogP contribution < -0.4 is 26.0 Å². The molecular weight excluding hydrogens is 232 g/mol. The lowest BCUT2D eigenvalue weighted by atomic mass is 10.1. The van der Waals surface area contributed by atoms with Gasteiger partial charge in [-0.05, 0) is 25.1 Å². The van der Waals surface area contributed by atoms with Gasteiger partial charge in [-0.2, -0.15) is 5.10 Å². The zero-order valence-electron chi connectivity index (χ0n) is 10.3. The van der Waals surface area contributed by atoms with E-state index in [-0.39, 0.29) is 5.96 Å². The SMILES string of the molecule is C/C(=N/[NH+]=C(N)N)c1ccc2c(c1)OCCCO2. The molecule has 0 bridgehead atoms. The van der Waals surface area contributed by atoms with Gasteiger partial charge >= 0.3 is 5.96 Å². The summed E-state index contributed by atoms with van der Waals surface area (Å²) in [6.45, 7) is 3.20. The molecule has 96 valence electrons. The van der Waals surface area contributed by atoms with E-state index < -0.39 is 0 Å². The van der Waals surface area contributed by atoms with E-state index >= 15 is 0 Å². The molecule has 1 aromatic carbocycles. The van der Waals surface area contributed by atoms with E-state index in [2.05, 4.69) is 10.2 Å². The molecule has 0 atom stereocenters. The fourth-order valence-corrected chi connectivity index (χ4v) is 1.60. The molecule has 0 unspecified atom stereocenters. The molecule has 5 N–H and O–H groups in total. The Morgan fingerprint density at radius 2 is 1.94 bits per heavy atom. The number of nitrogens with two attached hydrogens (primary N) is 2. The molecule has 1 aromatic rings. The predicted octanol–water partition coefficient (Wildman–Crippen LogP) is -1.07.